The fraction of sp³-hybridized carbons (Fsp3) is 0.333. The number of rotatable bonds is 2. The minimum absolute atomic E-state index is 0.0400. The third-order valence-electron chi connectivity index (χ3n) is 4.86. The Morgan fingerprint density at radius 2 is 2.08 bits per heavy atom. The molecule has 3 aromatic rings. The van der Waals surface area contributed by atoms with Crippen LogP contribution in [0.2, 0.25) is 0 Å². The number of imidazole rings is 1. The van der Waals surface area contributed by atoms with Crippen LogP contribution >= 0.6 is 0 Å². The molecule has 1 fully saturated rings. The SMILES string of the molecule is Cc1nc(N)ncc1C(=O)N1CCC[C@@H]1c1nc2ccccc2n1C. The number of amides is 1. The standard InChI is InChI=1S/C18H20N6O/c1-11-12(10-20-18(19)21-11)17(25)24-9-5-8-15(24)16-22-13-6-3-4-7-14(13)23(16)2/h3-4,6-7,10,15H,5,8-9H2,1-2H3,(H2,19,20,21)/t15-/m1/s1. The molecular formula is C18H20N6O. The molecule has 1 aromatic carbocycles. The fourth-order valence-electron chi connectivity index (χ4n) is 3.59. The molecule has 0 aliphatic carbocycles. The van der Waals surface area contributed by atoms with Gasteiger partial charge in [0.1, 0.15) is 5.82 Å². The number of carbonyl (C=O) groups is 1. The molecule has 7 nitrogen and oxygen atoms in total. The summed E-state index contributed by atoms with van der Waals surface area (Å²) in [5, 5.41) is 0. The largest absolute Gasteiger partial charge is 0.368 e. The lowest BCUT2D eigenvalue weighted by molar-refractivity contribution is 0.0727. The highest BCUT2D eigenvalue weighted by Crippen LogP contribution is 2.34. The summed E-state index contributed by atoms with van der Waals surface area (Å²) in [7, 11) is 2.00. The molecule has 0 radical (unpaired) electrons. The summed E-state index contributed by atoms with van der Waals surface area (Å²) in [4.78, 5) is 27.8. The maximum Gasteiger partial charge on any atom is 0.257 e. The molecule has 0 spiro atoms. The number of nitrogens with two attached hydrogens (primary N) is 1. The first-order chi connectivity index (χ1) is 12.1. The molecule has 1 amide bonds. The second-order valence-corrected chi connectivity index (χ2v) is 6.40. The van der Waals surface area contributed by atoms with Gasteiger partial charge in [-0.15, -0.1) is 0 Å². The van der Waals surface area contributed by atoms with Gasteiger partial charge < -0.3 is 15.2 Å². The zero-order valence-electron chi connectivity index (χ0n) is 14.3. The van der Waals surface area contributed by atoms with Crippen LogP contribution in [-0.4, -0.2) is 36.9 Å². The van der Waals surface area contributed by atoms with E-state index >= 15 is 0 Å². The van der Waals surface area contributed by atoms with Crippen LogP contribution in [0.15, 0.2) is 30.5 Å². The Labute approximate surface area is 145 Å². The Morgan fingerprint density at radius 3 is 2.84 bits per heavy atom. The van der Waals surface area contributed by atoms with Crippen molar-refractivity contribution >= 4 is 22.9 Å². The topological polar surface area (TPSA) is 89.9 Å². The van der Waals surface area contributed by atoms with E-state index in [2.05, 4.69) is 14.5 Å². The second-order valence-electron chi connectivity index (χ2n) is 6.40. The van der Waals surface area contributed by atoms with E-state index in [1.807, 2.05) is 36.2 Å². The van der Waals surface area contributed by atoms with Crippen molar-refractivity contribution in [3.63, 3.8) is 0 Å². The lowest BCUT2D eigenvalue weighted by Crippen LogP contribution is -2.32. The van der Waals surface area contributed by atoms with E-state index in [4.69, 9.17) is 10.7 Å². The van der Waals surface area contributed by atoms with Crippen LogP contribution in [0.1, 0.15) is 40.8 Å². The summed E-state index contributed by atoms with van der Waals surface area (Å²) >= 11 is 0. The highest BCUT2D eigenvalue weighted by molar-refractivity contribution is 5.95. The van der Waals surface area contributed by atoms with Crippen molar-refractivity contribution in [1.29, 1.82) is 0 Å². The molecule has 1 atom stereocenters. The average Bonchev–Trinajstić information content (AvgIpc) is 3.19. The van der Waals surface area contributed by atoms with Crippen molar-refractivity contribution in [3.8, 4) is 0 Å². The minimum atomic E-state index is -0.0629. The Kier molecular flexibility index (Phi) is 3.63. The van der Waals surface area contributed by atoms with Gasteiger partial charge >= 0.3 is 0 Å². The number of carbonyl (C=O) groups excluding carboxylic acids is 1. The Balaban J connectivity index is 1.72. The molecule has 3 heterocycles. The minimum Gasteiger partial charge on any atom is -0.368 e. The van der Waals surface area contributed by atoms with Crippen molar-refractivity contribution in [1.82, 2.24) is 24.4 Å². The summed E-state index contributed by atoms with van der Waals surface area (Å²) in [5.41, 5.74) is 8.73. The first kappa shape index (κ1) is 15.6. The lowest BCUT2D eigenvalue weighted by Gasteiger charge is -2.24. The number of fused-ring (bicyclic) bond motifs is 1. The molecule has 1 saturated heterocycles. The third-order valence-corrected chi connectivity index (χ3v) is 4.86. The molecule has 1 aliphatic heterocycles. The first-order valence-electron chi connectivity index (χ1n) is 8.37. The van der Waals surface area contributed by atoms with E-state index < -0.39 is 0 Å². The smallest absolute Gasteiger partial charge is 0.257 e. The number of para-hydroxylation sites is 2. The van der Waals surface area contributed by atoms with Gasteiger partial charge in [-0.3, -0.25) is 4.79 Å². The number of aromatic nitrogens is 4. The van der Waals surface area contributed by atoms with Gasteiger partial charge in [0.15, 0.2) is 0 Å². The van der Waals surface area contributed by atoms with Gasteiger partial charge in [0, 0.05) is 19.8 Å². The number of hydrogen-bond acceptors (Lipinski definition) is 5. The van der Waals surface area contributed by atoms with Crippen molar-refractivity contribution in [3.05, 3.63) is 47.5 Å². The van der Waals surface area contributed by atoms with Gasteiger partial charge in [-0.1, -0.05) is 12.1 Å². The van der Waals surface area contributed by atoms with Crippen LogP contribution in [0, 0.1) is 6.92 Å². The molecule has 0 bridgehead atoms. The lowest BCUT2D eigenvalue weighted by atomic mass is 10.1. The molecule has 4 rings (SSSR count). The maximum atomic E-state index is 13.1. The number of likely N-dealkylation sites (tertiary alicyclic amines) is 1. The van der Waals surface area contributed by atoms with Gasteiger partial charge in [-0.2, -0.15) is 0 Å². The number of hydrogen-bond donors (Lipinski definition) is 1. The molecule has 128 valence electrons. The second kappa shape index (κ2) is 5.84. The van der Waals surface area contributed by atoms with E-state index in [0.29, 0.717) is 17.8 Å². The summed E-state index contributed by atoms with van der Waals surface area (Å²) in [6.45, 7) is 2.49. The zero-order valence-corrected chi connectivity index (χ0v) is 14.3. The van der Waals surface area contributed by atoms with Crippen LogP contribution in [0.25, 0.3) is 11.0 Å². The maximum absolute atomic E-state index is 13.1. The van der Waals surface area contributed by atoms with E-state index in [-0.39, 0.29) is 17.9 Å². The fourth-order valence-corrected chi connectivity index (χ4v) is 3.59. The predicted molar refractivity (Wildman–Crippen MR) is 94.9 cm³/mol. The normalized spacial score (nSPS) is 17.4. The molecule has 0 saturated carbocycles. The number of nitrogens with zero attached hydrogens (tertiary/aromatic N) is 5. The van der Waals surface area contributed by atoms with E-state index in [1.54, 1.807) is 6.92 Å². The summed E-state index contributed by atoms with van der Waals surface area (Å²) in [5.74, 6) is 1.04. The predicted octanol–water partition coefficient (Wildman–Crippen LogP) is 2.23. The van der Waals surface area contributed by atoms with E-state index in [1.165, 1.54) is 6.20 Å². The van der Waals surface area contributed by atoms with Gasteiger partial charge in [0.05, 0.1) is 28.3 Å². The summed E-state index contributed by atoms with van der Waals surface area (Å²) in [6.07, 6.45) is 3.37. The number of benzene rings is 1. The Bertz CT molecular complexity index is 963. The van der Waals surface area contributed by atoms with Crippen molar-refractivity contribution < 1.29 is 4.79 Å². The van der Waals surface area contributed by atoms with Crippen LogP contribution < -0.4 is 5.73 Å². The Morgan fingerprint density at radius 1 is 1.28 bits per heavy atom. The first-order valence-corrected chi connectivity index (χ1v) is 8.37. The quantitative estimate of drug-likeness (QED) is 0.775. The summed E-state index contributed by atoms with van der Waals surface area (Å²) < 4.78 is 2.08. The van der Waals surface area contributed by atoms with Gasteiger partial charge in [0.2, 0.25) is 5.95 Å². The monoisotopic (exact) mass is 336 g/mol. The van der Waals surface area contributed by atoms with Crippen LogP contribution in [0.4, 0.5) is 5.95 Å². The van der Waals surface area contributed by atoms with Crippen molar-refractivity contribution in [2.45, 2.75) is 25.8 Å². The summed E-state index contributed by atoms with van der Waals surface area (Å²) in [6, 6.07) is 7.98. The molecule has 25 heavy (non-hydrogen) atoms. The van der Waals surface area contributed by atoms with Crippen LogP contribution in [-0.2, 0) is 7.05 Å². The molecule has 7 heteroatoms. The Hall–Kier alpha value is -2.96. The zero-order chi connectivity index (χ0) is 17.6. The third kappa shape index (κ3) is 2.52. The highest BCUT2D eigenvalue weighted by Gasteiger charge is 2.34. The van der Waals surface area contributed by atoms with E-state index in [9.17, 15) is 4.79 Å². The molecular weight excluding hydrogens is 316 g/mol. The van der Waals surface area contributed by atoms with Crippen LogP contribution in [0.3, 0.4) is 0 Å². The van der Waals surface area contributed by atoms with E-state index in [0.717, 1.165) is 29.7 Å². The highest BCUT2D eigenvalue weighted by atomic mass is 16.2. The molecule has 1 aliphatic rings. The van der Waals surface area contributed by atoms with Gasteiger partial charge in [-0.05, 0) is 31.9 Å². The molecule has 0 unspecified atom stereocenters. The average molecular weight is 336 g/mol. The number of anilines is 1. The molecule has 2 N–H and O–H groups in total. The van der Waals surface area contributed by atoms with Crippen LogP contribution in [0.5, 0.6) is 0 Å². The van der Waals surface area contributed by atoms with Gasteiger partial charge in [-0.25, -0.2) is 15.0 Å². The van der Waals surface area contributed by atoms with Crippen molar-refractivity contribution in [2.75, 3.05) is 12.3 Å². The molecule has 2 aromatic heterocycles. The van der Waals surface area contributed by atoms with Crippen molar-refractivity contribution in [2.24, 2.45) is 7.05 Å². The number of nitrogen functional groups attached to an aromatic ring is 1. The van der Waals surface area contributed by atoms with Gasteiger partial charge in [0.25, 0.3) is 5.91 Å². The number of aryl methyl sites for hydroxylation is 2.